The van der Waals surface area contributed by atoms with E-state index < -0.39 is 0 Å². The molecular weight excluding hydrogens is 494 g/mol. The third-order valence-corrected chi connectivity index (χ3v) is 8.17. The molecule has 10 nitrogen and oxygen atoms in total. The monoisotopic (exact) mass is 529 g/mol. The van der Waals surface area contributed by atoms with Gasteiger partial charge in [0.05, 0.1) is 24.5 Å². The lowest BCUT2D eigenvalue weighted by Gasteiger charge is -2.37. The molecule has 10 heteroatoms. The summed E-state index contributed by atoms with van der Waals surface area (Å²) in [5.41, 5.74) is 3.56. The molecule has 3 aliphatic rings. The summed E-state index contributed by atoms with van der Waals surface area (Å²) in [5, 5.41) is 4.10. The molecule has 0 bridgehead atoms. The number of benzene rings is 1. The fraction of sp³-hybridized carbons (Fsp3) is 0.448. The number of aromatic nitrogens is 3. The maximum atomic E-state index is 13.1. The van der Waals surface area contributed by atoms with E-state index in [-0.39, 0.29) is 17.7 Å². The number of nitrogens with zero attached hydrogens (tertiary/aromatic N) is 5. The minimum atomic E-state index is -0.0546. The van der Waals surface area contributed by atoms with Crippen molar-refractivity contribution in [3.63, 3.8) is 0 Å². The average Bonchev–Trinajstić information content (AvgIpc) is 3.66. The van der Waals surface area contributed by atoms with Crippen LogP contribution in [0.3, 0.4) is 0 Å². The molecule has 1 aromatic carbocycles. The average molecular weight is 530 g/mol. The Morgan fingerprint density at radius 1 is 1.05 bits per heavy atom. The first kappa shape index (κ1) is 25.5. The Hall–Kier alpha value is -3.76. The lowest BCUT2D eigenvalue weighted by atomic mass is 10.0. The summed E-state index contributed by atoms with van der Waals surface area (Å²) < 4.78 is 5.49. The van der Waals surface area contributed by atoms with Crippen LogP contribution in [0.1, 0.15) is 19.3 Å². The first-order valence-corrected chi connectivity index (χ1v) is 13.8. The molecule has 5 heterocycles. The number of rotatable bonds is 6. The van der Waals surface area contributed by atoms with E-state index in [1.54, 1.807) is 6.33 Å². The highest BCUT2D eigenvalue weighted by atomic mass is 16.5. The van der Waals surface area contributed by atoms with Crippen LogP contribution < -0.4 is 10.2 Å². The van der Waals surface area contributed by atoms with Crippen molar-refractivity contribution in [2.24, 2.45) is 5.92 Å². The summed E-state index contributed by atoms with van der Waals surface area (Å²) in [7, 11) is 0. The van der Waals surface area contributed by atoms with Gasteiger partial charge in [0.1, 0.15) is 17.8 Å². The third-order valence-electron chi connectivity index (χ3n) is 8.17. The molecule has 0 spiro atoms. The van der Waals surface area contributed by atoms with E-state index in [1.165, 1.54) is 6.08 Å². The van der Waals surface area contributed by atoms with Gasteiger partial charge in [0, 0.05) is 50.1 Å². The van der Waals surface area contributed by atoms with E-state index in [1.807, 2.05) is 29.2 Å². The number of fused-ring (bicyclic) bond motifs is 1. The molecule has 6 rings (SSSR count). The zero-order valence-corrected chi connectivity index (χ0v) is 22.1. The number of hydrogen-bond donors (Lipinski definition) is 2. The Morgan fingerprint density at radius 3 is 2.67 bits per heavy atom. The molecule has 2 atom stereocenters. The van der Waals surface area contributed by atoms with Crippen molar-refractivity contribution in [3.05, 3.63) is 49.3 Å². The molecule has 0 aliphatic carbocycles. The van der Waals surface area contributed by atoms with Gasteiger partial charge in [-0.3, -0.25) is 14.5 Å². The highest BCUT2D eigenvalue weighted by Crippen LogP contribution is 2.30. The van der Waals surface area contributed by atoms with Gasteiger partial charge in [-0.2, -0.15) is 0 Å². The van der Waals surface area contributed by atoms with Gasteiger partial charge >= 0.3 is 0 Å². The topological polar surface area (TPSA) is 107 Å². The van der Waals surface area contributed by atoms with E-state index in [0.29, 0.717) is 25.8 Å². The Morgan fingerprint density at radius 2 is 1.87 bits per heavy atom. The number of hydrogen-bond acceptors (Lipinski definition) is 7. The highest BCUT2D eigenvalue weighted by Gasteiger charge is 2.35. The number of likely N-dealkylation sites (tertiary alicyclic amines) is 2. The molecular formula is C29H35N7O3. The van der Waals surface area contributed by atoms with Crippen LogP contribution in [0.2, 0.25) is 0 Å². The van der Waals surface area contributed by atoms with Gasteiger partial charge in [-0.05, 0) is 55.6 Å². The summed E-state index contributed by atoms with van der Waals surface area (Å²) in [5.74, 6) is 0.917. The Balaban J connectivity index is 1.08. The van der Waals surface area contributed by atoms with Gasteiger partial charge in [-0.1, -0.05) is 18.7 Å². The SMILES string of the molecule is C=CC(=O)N1CCCC(N2CC[C@@H](C(=O)Nc3ccc(-c4cc5c(N6CCOCC6)ncnc5[nH]4)cc3)C2)C1. The highest BCUT2D eigenvalue weighted by molar-refractivity contribution is 5.94. The maximum Gasteiger partial charge on any atom is 0.246 e. The lowest BCUT2D eigenvalue weighted by Crippen LogP contribution is -2.49. The molecule has 0 radical (unpaired) electrons. The van der Waals surface area contributed by atoms with Crippen LogP contribution in [0.5, 0.6) is 0 Å². The Bertz CT molecular complexity index is 1350. The number of morpholine rings is 1. The number of aromatic amines is 1. The molecule has 3 aromatic rings. The molecule has 0 saturated carbocycles. The third kappa shape index (κ3) is 5.39. The van der Waals surface area contributed by atoms with Gasteiger partial charge in [0.15, 0.2) is 0 Å². The van der Waals surface area contributed by atoms with Crippen LogP contribution in [0.4, 0.5) is 11.5 Å². The number of ether oxygens (including phenoxy) is 1. The summed E-state index contributed by atoms with van der Waals surface area (Å²) in [4.78, 5) is 44.0. The van der Waals surface area contributed by atoms with Crippen molar-refractivity contribution in [1.29, 1.82) is 0 Å². The molecule has 2 N–H and O–H groups in total. The molecule has 1 unspecified atom stereocenters. The summed E-state index contributed by atoms with van der Waals surface area (Å²) >= 11 is 0. The smallest absolute Gasteiger partial charge is 0.246 e. The van der Waals surface area contributed by atoms with Crippen molar-refractivity contribution in [2.45, 2.75) is 25.3 Å². The second kappa shape index (κ2) is 11.2. The second-order valence-corrected chi connectivity index (χ2v) is 10.6. The number of anilines is 2. The molecule has 2 amide bonds. The molecule has 2 aromatic heterocycles. The largest absolute Gasteiger partial charge is 0.378 e. The Labute approximate surface area is 228 Å². The van der Waals surface area contributed by atoms with Crippen LogP contribution >= 0.6 is 0 Å². The number of carbonyl (C=O) groups excluding carboxylic acids is 2. The van der Waals surface area contributed by atoms with Crippen LogP contribution in [-0.4, -0.2) is 95.1 Å². The lowest BCUT2D eigenvalue weighted by molar-refractivity contribution is -0.128. The van der Waals surface area contributed by atoms with Crippen molar-refractivity contribution in [1.82, 2.24) is 24.8 Å². The van der Waals surface area contributed by atoms with Gasteiger partial charge in [-0.25, -0.2) is 9.97 Å². The van der Waals surface area contributed by atoms with Gasteiger partial charge < -0.3 is 24.8 Å². The fourth-order valence-electron chi connectivity index (χ4n) is 6.00. The van der Waals surface area contributed by atoms with Crippen molar-refractivity contribution < 1.29 is 14.3 Å². The van der Waals surface area contributed by atoms with Gasteiger partial charge in [0.2, 0.25) is 11.8 Å². The van der Waals surface area contributed by atoms with Crippen LogP contribution in [0, 0.1) is 5.92 Å². The maximum absolute atomic E-state index is 13.1. The van der Waals surface area contributed by atoms with E-state index in [9.17, 15) is 9.59 Å². The Kier molecular flexibility index (Phi) is 7.30. The quantitative estimate of drug-likeness (QED) is 0.473. The van der Waals surface area contributed by atoms with Crippen molar-refractivity contribution in [2.75, 3.05) is 62.7 Å². The summed E-state index contributed by atoms with van der Waals surface area (Å²) in [6.45, 7) is 9.76. The predicted molar refractivity (Wildman–Crippen MR) is 150 cm³/mol. The zero-order valence-electron chi connectivity index (χ0n) is 22.1. The standard InChI is InChI=1S/C29H35N7O3/c1-2-26(37)36-10-3-4-23(18-36)35-11-9-21(17-35)29(38)32-22-7-5-20(6-8-22)25-16-24-27(33-25)30-19-31-28(24)34-12-14-39-15-13-34/h2,5-8,16,19,21,23H,1,3-4,9-15,17-18H2,(H,32,38)(H,30,31,33)/t21-,23?/m1/s1. The summed E-state index contributed by atoms with van der Waals surface area (Å²) in [6, 6.07) is 10.3. The predicted octanol–water partition coefficient (Wildman–Crippen LogP) is 2.90. The van der Waals surface area contributed by atoms with E-state index in [2.05, 4.69) is 42.7 Å². The number of H-pyrrole nitrogens is 1. The molecule has 204 valence electrons. The van der Waals surface area contributed by atoms with Crippen LogP contribution in [0.25, 0.3) is 22.3 Å². The van der Waals surface area contributed by atoms with Crippen LogP contribution in [0.15, 0.2) is 49.3 Å². The minimum absolute atomic E-state index is 0.00504. The fourth-order valence-corrected chi connectivity index (χ4v) is 6.00. The number of piperidine rings is 1. The second-order valence-electron chi connectivity index (χ2n) is 10.6. The number of carbonyl (C=O) groups is 2. The molecule has 3 fully saturated rings. The van der Waals surface area contributed by atoms with Crippen LogP contribution in [-0.2, 0) is 14.3 Å². The normalized spacial score (nSPS) is 22.3. The number of nitrogens with one attached hydrogen (secondary N) is 2. The van der Waals surface area contributed by atoms with Crippen molar-refractivity contribution in [3.8, 4) is 11.3 Å². The first-order valence-electron chi connectivity index (χ1n) is 13.8. The van der Waals surface area contributed by atoms with E-state index in [4.69, 9.17) is 4.74 Å². The molecule has 39 heavy (non-hydrogen) atoms. The summed E-state index contributed by atoms with van der Waals surface area (Å²) in [6.07, 6.45) is 5.87. The van der Waals surface area contributed by atoms with E-state index >= 15 is 0 Å². The first-order chi connectivity index (χ1) is 19.1. The van der Waals surface area contributed by atoms with E-state index in [0.717, 1.165) is 85.8 Å². The number of amides is 2. The van der Waals surface area contributed by atoms with Gasteiger partial charge in [0.25, 0.3) is 0 Å². The zero-order chi connectivity index (χ0) is 26.8. The van der Waals surface area contributed by atoms with Crippen molar-refractivity contribution >= 4 is 34.4 Å². The molecule has 3 aliphatic heterocycles. The molecule has 3 saturated heterocycles. The minimum Gasteiger partial charge on any atom is -0.378 e. The van der Waals surface area contributed by atoms with Gasteiger partial charge in [-0.15, -0.1) is 0 Å².